The van der Waals surface area contributed by atoms with E-state index in [2.05, 4.69) is 22.2 Å². The summed E-state index contributed by atoms with van der Waals surface area (Å²) in [5.74, 6) is -11.4. The third kappa shape index (κ3) is 7.79. The van der Waals surface area contributed by atoms with Crippen LogP contribution in [0.5, 0.6) is 11.5 Å². The van der Waals surface area contributed by atoms with Crippen LogP contribution in [0.15, 0.2) is 67.1 Å². The lowest BCUT2D eigenvalue weighted by Crippen LogP contribution is -2.54. The molecule has 6 amide bonds. The lowest BCUT2D eigenvalue weighted by Gasteiger charge is -2.30. The molecule has 0 bridgehead atoms. The first-order chi connectivity index (χ1) is 30.1. The highest BCUT2D eigenvalue weighted by molar-refractivity contribution is 6.23. The number of ether oxygens (including phenoxy) is 2. The number of nitrogens with one attached hydrogen (secondary N) is 2. The van der Waals surface area contributed by atoms with Crippen molar-refractivity contribution in [3.05, 3.63) is 113 Å². The van der Waals surface area contributed by atoms with Crippen molar-refractivity contribution in [1.29, 1.82) is 5.26 Å². The molecule has 1 unspecified atom stereocenters. The van der Waals surface area contributed by atoms with Crippen molar-refractivity contribution in [3.8, 4) is 28.8 Å². The van der Waals surface area contributed by atoms with Crippen molar-refractivity contribution >= 4 is 46.8 Å². The summed E-state index contributed by atoms with van der Waals surface area (Å²) in [6.45, 7) is 4.98. The first-order valence-electron chi connectivity index (χ1n) is 18.8. The molecular weight excluding hydrogens is 863 g/mol. The Morgan fingerprint density at radius 3 is 2.30 bits per heavy atom. The van der Waals surface area contributed by atoms with Crippen molar-refractivity contribution < 1.29 is 69.0 Å². The molecule has 3 aliphatic heterocycles. The van der Waals surface area contributed by atoms with Crippen LogP contribution >= 0.6 is 0 Å². The number of anilines is 2. The molecule has 2 saturated heterocycles. The van der Waals surface area contributed by atoms with Gasteiger partial charge in [-0.25, -0.2) is 17.6 Å². The number of imide groups is 2. The van der Waals surface area contributed by atoms with E-state index in [0.717, 1.165) is 28.1 Å². The van der Waals surface area contributed by atoms with Gasteiger partial charge >= 0.3 is 6.18 Å². The number of carbonyl (C=O) groups is 6. The number of benzene rings is 3. The van der Waals surface area contributed by atoms with Gasteiger partial charge < -0.3 is 19.7 Å². The number of hydrogen-bond donors (Lipinski definition) is 2. The average molecular weight is 894 g/mol. The number of nitrogens with zero attached hydrogens (tertiary/aromatic N) is 5. The van der Waals surface area contributed by atoms with Gasteiger partial charge in [-0.1, -0.05) is 6.58 Å². The molecular formula is C42H30F7N7O8. The SMILES string of the molecule is C=C1N(c2ccc(C#N)c(C(F)(F)F)c2F)C(=O)C(C)(C)N1c1cnc(-c2cc(F)c(OCCNC(=O)COc3ccc4c(c3)C(=O)N(C3CCC(=O)NC3=O)C4=O)c(F)c2)c(F)c1. The molecule has 2 N–H and O–H groups in total. The third-order valence-electron chi connectivity index (χ3n) is 10.4. The number of pyridine rings is 1. The highest BCUT2D eigenvalue weighted by atomic mass is 19.4. The number of hydrogen-bond acceptors (Lipinski definition) is 11. The summed E-state index contributed by atoms with van der Waals surface area (Å²) < 4.78 is 113. The maximum atomic E-state index is 15.7. The predicted octanol–water partition coefficient (Wildman–Crippen LogP) is 5.27. The quantitative estimate of drug-likeness (QED) is 0.113. The maximum Gasteiger partial charge on any atom is 0.420 e. The van der Waals surface area contributed by atoms with E-state index in [1.807, 2.05) is 0 Å². The molecule has 3 aromatic carbocycles. The fraction of sp³-hybridized carbons (Fsp3) is 0.238. The number of aromatic nitrogens is 1. The van der Waals surface area contributed by atoms with Crippen LogP contribution in [0.3, 0.4) is 0 Å². The van der Waals surface area contributed by atoms with Crippen LogP contribution in [0.4, 0.5) is 42.1 Å². The molecule has 22 heteroatoms. The molecule has 0 aliphatic carbocycles. The normalized spacial score (nSPS) is 17.1. The zero-order chi connectivity index (χ0) is 46.6. The van der Waals surface area contributed by atoms with E-state index in [-0.39, 0.29) is 42.0 Å². The largest absolute Gasteiger partial charge is 0.486 e. The molecule has 3 aliphatic rings. The van der Waals surface area contributed by atoms with Gasteiger partial charge in [-0.2, -0.15) is 18.4 Å². The summed E-state index contributed by atoms with van der Waals surface area (Å²) in [5, 5.41) is 13.6. The van der Waals surface area contributed by atoms with Crippen molar-refractivity contribution in [2.75, 3.05) is 29.6 Å². The Morgan fingerprint density at radius 1 is 0.969 bits per heavy atom. The summed E-state index contributed by atoms with van der Waals surface area (Å²) >= 11 is 0. The fourth-order valence-electron chi connectivity index (χ4n) is 7.42. The van der Waals surface area contributed by atoms with Crippen molar-refractivity contribution in [3.63, 3.8) is 0 Å². The minimum Gasteiger partial charge on any atom is -0.486 e. The summed E-state index contributed by atoms with van der Waals surface area (Å²) in [7, 11) is 0. The van der Waals surface area contributed by atoms with Gasteiger partial charge in [-0.15, -0.1) is 0 Å². The van der Waals surface area contributed by atoms with Gasteiger partial charge in [-0.05, 0) is 62.7 Å². The summed E-state index contributed by atoms with van der Waals surface area (Å²) in [4.78, 5) is 82.0. The van der Waals surface area contributed by atoms with Crippen LogP contribution in [0, 0.1) is 34.6 Å². The molecule has 330 valence electrons. The Morgan fingerprint density at radius 2 is 1.66 bits per heavy atom. The van der Waals surface area contributed by atoms with E-state index in [9.17, 15) is 41.9 Å². The maximum absolute atomic E-state index is 15.7. The van der Waals surface area contributed by atoms with Crippen molar-refractivity contribution in [2.45, 2.75) is 44.4 Å². The molecule has 64 heavy (non-hydrogen) atoms. The van der Waals surface area contributed by atoms with E-state index >= 15 is 17.6 Å². The predicted molar refractivity (Wildman–Crippen MR) is 206 cm³/mol. The monoisotopic (exact) mass is 893 g/mol. The number of halogens is 7. The highest BCUT2D eigenvalue weighted by Crippen LogP contribution is 2.45. The second kappa shape index (κ2) is 16.5. The topological polar surface area (TPSA) is 191 Å². The number of amides is 6. The highest BCUT2D eigenvalue weighted by Gasteiger charge is 2.51. The number of carbonyl (C=O) groups excluding carboxylic acids is 6. The van der Waals surface area contributed by atoms with E-state index in [0.29, 0.717) is 23.1 Å². The zero-order valence-corrected chi connectivity index (χ0v) is 33.2. The number of alkyl halides is 3. The fourth-order valence-corrected chi connectivity index (χ4v) is 7.42. The van der Waals surface area contributed by atoms with Crippen LogP contribution < -0.4 is 29.9 Å². The van der Waals surface area contributed by atoms with E-state index in [4.69, 9.17) is 14.7 Å². The molecule has 4 aromatic rings. The molecule has 0 saturated carbocycles. The molecule has 1 atom stereocenters. The lowest BCUT2D eigenvalue weighted by molar-refractivity contribution is -0.140. The van der Waals surface area contributed by atoms with Gasteiger partial charge in [0.1, 0.15) is 41.0 Å². The second-order valence-electron chi connectivity index (χ2n) is 14.8. The molecule has 15 nitrogen and oxygen atoms in total. The molecule has 0 spiro atoms. The Bertz CT molecular complexity index is 2750. The van der Waals surface area contributed by atoms with Crippen LogP contribution in [-0.2, 0) is 25.4 Å². The van der Waals surface area contributed by atoms with Gasteiger partial charge in [-0.3, -0.25) is 48.9 Å². The standard InChI is InChI=1S/C42H30F7N7O8/c1-19-54(29-7-4-20(16-50)33(34(29)46)42(47,48)49)40(62)41(2,3)56(19)22-14-26(43)35(52-17-22)21-12-27(44)36(28(45)13-21)63-11-10-51-32(58)18-64-23-5-6-24-25(15-23)39(61)55(38(24)60)30-8-9-31(57)53-37(30)59/h4-7,12-15,17,30H,1,8-11,18H2,2-3H3,(H,51,58)(H,53,57,59). The van der Waals surface area contributed by atoms with Gasteiger partial charge in [0.15, 0.2) is 35.6 Å². The van der Waals surface area contributed by atoms with Gasteiger partial charge in [0.05, 0.1) is 46.9 Å². The summed E-state index contributed by atoms with van der Waals surface area (Å²) in [6, 6.07) is 7.65. The van der Waals surface area contributed by atoms with Crippen LogP contribution in [0.2, 0.25) is 0 Å². The van der Waals surface area contributed by atoms with Gasteiger partial charge in [0.25, 0.3) is 23.6 Å². The first-order valence-corrected chi connectivity index (χ1v) is 18.8. The number of piperidine rings is 1. The summed E-state index contributed by atoms with van der Waals surface area (Å²) in [5.41, 5.74) is -6.75. The minimum atomic E-state index is -5.30. The molecule has 0 radical (unpaired) electrons. The van der Waals surface area contributed by atoms with Crippen molar-refractivity contribution in [1.82, 2.24) is 20.5 Å². The molecule has 1 aromatic heterocycles. The van der Waals surface area contributed by atoms with E-state index < -0.39 is 129 Å². The molecule has 2 fully saturated rings. The number of rotatable bonds is 11. The van der Waals surface area contributed by atoms with Crippen LogP contribution in [0.1, 0.15) is 58.5 Å². The van der Waals surface area contributed by atoms with Gasteiger partial charge in [0, 0.05) is 18.1 Å². The molecule has 7 rings (SSSR count). The number of nitriles is 1. The molecule has 4 heterocycles. The van der Waals surface area contributed by atoms with E-state index in [1.54, 1.807) is 0 Å². The third-order valence-corrected chi connectivity index (χ3v) is 10.4. The lowest BCUT2D eigenvalue weighted by atomic mass is 10.0. The summed E-state index contributed by atoms with van der Waals surface area (Å²) in [6.07, 6.45) is -4.41. The first kappa shape index (κ1) is 44.2. The second-order valence-corrected chi connectivity index (χ2v) is 14.8. The minimum absolute atomic E-state index is 0.00509. The Kier molecular flexibility index (Phi) is 11.4. The smallest absolute Gasteiger partial charge is 0.420 e. The van der Waals surface area contributed by atoms with Gasteiger partial charge in [0.2, 0.25) is 11.8 Å². The van der Waals surface area contributed by atoms with Crippen molar-refractivity contribution in [2.24, 2.45) is 0 Å². The van der Waals surface area contributed by atoms with Crippen LogP contribution in [-0.4, -0.2) is 76.7 Å². The Labute approximate surface area is 356 Å². The Balaban J connectivity index is 0.961. The number of fused-ring (bicyclic) bond motifs is 1. The zero-order valence-electron chi connectivity index (χ0n) is 33.2. The average Bonchev–Trinajstić information content (AvgIpc) is 3.57. The Hall–Kier alpha value is -7.83. The van der Waals surface area contributed by atoms with Crippen LogP contribution in [0.25, 0.3) is 11.3 Å². The van der Waals surface area contributed by atoms with E-state index in [1.165, 1.54) is 38.1 Å².